The van der Waals surface area contributed by atoms with Gasteiger partial charge >= 0.3 is 5.97 Å². The Labute approximate surface area is 227 Å². The number of hydrogen-bond acceptors (Lipinski definition) is 5. The third kappa shape index (κ3) is 5.78. The summed E-state index contributed by atoms with van der Waals surface area (Å²) in [6, 6.07) is 17.6. The van der Waals surface area contributed by atoms with Gasteiger partial charge in [-0.25, -0.2) is 9.79 Å². The van der Waals surface area contributed by atoms with Crippen molar-refractivity contribution < 1.29 is 19.0 Å². The topological polar surface area (TPSA) is 57.1 Å². The number of carbonyl (C=O) groups is 1. The molecule has 0 atom stereocenters. The van der Waals surface area contributed by atoms with Crippen molar-refractivity contribution in [1.29, 1.82) is 0 Å². The van der Waals surface area contributed by atoms with Crippen LogP contribution in [0.4, 0.5) is 0 Å². The lowest BCUT2D eigenvalue weighted by Crippen LogP contribution is -2.05. The summed E-state index contributed by atoms with van der Waals surface area (Å²) in [5.74, 6) is 1.03. The highest BCUT2D eigenvalue weighted by Crippen LogP contribution is 2.35. The van der Waals surface area contributed by atoms with Gasteiger partial charge in [-0.15, -0.1) is 0 Å². The summed E-state index contributed by atoms with van der Waals surface area (Å²) in [4.78, 5) is 16.8. The van der Waals surface area contributed by atoms with Crippen molar-refractivity contribution in [2.45, 2.75) is 13.5 Å². The van der Waals surface area contributed by atoms with E-state index in [1.54, 1.807) is 13.2 Å². The van der Waals surface area contributed by atoms with Gasteiger partial charge in [0.2, 0.25) is 5.90 Å². The van der Waals surface area contributed by atoms with Crippen LogP contribution in [0, 0.1) is 14.1 Å². The largest absolute Gasteiger partial charge is 0.493 e. The molecule has 3 aromatic carbocycles. The number of ether oxygens (including phenoxy) is 3. The third-order valence-corrected chi connectivity index (χ3v) is 7.99. The minimum atomic E-state index is -0.492. The highest BCUT2D eigenvalue weighted by atomic mass is 127. The van der Waals surface area contributed by atoms with Crippen molar-refractivity contribution in [2.24, 2.45) is 4.99 Å². The molecule has 0 radical (unpaired) electrons. The Bertz CT molecular complexity index is 1290. The standard InChI is InChI=1S/C25H18BrI2NO4/c1-14-3-5-15(6-4-14)13-32-23-20(28)9-16(11-22(23)31-2)10-21-25(30)33-24(29-21)17-7-8-19(27)18(26)12-17/h3-12H,13H2,1-2H3/b21-10-. The van der Waals surface area contributed by atoms with Crippen molar-refractivity contribution in [1.82, 2.24) is 0 Å². The zero-order valence-electron chi connectivity index (χ0n) is 17.7. The number of halogens is 3. The number of esters is 1. The summed E-state index contributed by atoms with van der Waals surface area (Å²) >= 11 is 7.92. The van der Waals surface area contributed by atoms with E-state index in [9.17, 15) is 4.79 Å². The van der Waals surface area contributed by atoms with E-state index in [4.69, 9.17) is 14.2 Å². The smallest absolute Gasteiger partial charge is 0.363 e. The molecule has 0 N–H and O–H groups in total. The number of carbonyl (C=O) groups excluding carboxylic acids is 1. The summed E-state index contributed by atoms with van der Waals surface area (Å²) < 4.78 is 19.8. The van der Waals surface area contributed by atoms with E-state index in [-0.39, 0.29) is 11.6 Å². The van der Waals surface area contributed by atoms with Crippen LogP contribution in [0.2, 0.25) is 0 Å². The summed E-state index contributed by atoms with van der Waals surface area (Å²) in [6.07, 6.45) is 1.69. The first kappa shape index (κ1) is 24.2. The number of hydrogen-bond donors (Lipinski definition) is 0. The Morgan fingerprint density at radius 2 is 1.82 bits per heavy atom. The fraction of sp³-hybridized carbons (Fsp3) is 0.120. The highest BCUT2D eigenvalue weighted by molar-refractivity contribution is 14.1. The average molecular weight is 730 g/mol. The average Bonchev–Trinajstić information content (AvgIpc) is 3.15. The molecule has 8 heteroatoms. The van der Waals surface area contributed by atoms with Crippen LogP contribution < -0.4 is 9.47 Å². The van der Waals surface area contributed by atoms with Crippen LogP contribution >= 0.6 is 61.1 Å². The minimum Gasteiger partial charge on any atom is -0.493 e. The van der Waals surface area contributed by atoms with Crippen LogP contribution in [0.15, 0.2) is 69.8 Å². The summed E-state index contributed by atoms with van der Waals surface area (Å²) in [5.41, 5.74) is 3.99. The van der Waals surface area contributed by atoms with Crippen molar-refractivity contribution in [2.75, 3.05) is 7.11 Å². The van der Waals surface area contributed by atoms with Gasteiger partial charge in [-0.3, -0.25) is 0 Å². The maximum Gasteiger partial charge on any atom is 0.363 e. The number of benzene rings is 3. The van der Waals surface area contributed by atoms with Crippen LogP contribution in [0.5, 0.6) is 11.5 Å². The molecule has 0 amide bonds. The molecule has 1 aliphatic heterocycles. The number of aliphatic imine (C=N–C) groups is 1. The molecular formula is C25H18BrI2NO4. The maximum atomic E-state index is 12.4. The molecule has 1 heterocycles. The fourth-order valence-corrected chi connectivity index (χ4v) is 4.62. The molecule has 0 unspecified atom stereocenters. The predicted molar refractivity (Wildman–Crippen MR) is 149 cm³/mol. The van der Waals surface area contributed by atoms with Gasteiger partial charge in [-0.1, -0.05) is 29.8 Å². The molecule has 0 saturated carbocycles. The Morgan fingerprint density at radius 1 is 1.06 bits per heavy atom. The monoisotopic (exact) mass is 729 g/mol. The number of nitrogens with zero attached hydrogens (tertiary/aromatic N) is 1. The van der Waals surface area contributed by atoms with Gasteiger partial charge in [0, 0.05) is 13.6 Å². The zero-order chi connectivity index (χ0) is 23.5. The molecule has 168 valence electrons. The first-order valence-corrected chi connectivity index (χ1v) is 12.8. The lowest BCUT2D eigenvalue weighted by molar-refractivity contribution is -0.129. The molecule has 1 aliphatic rings. The molecular weight excluding hydrogens is 712 g/mol. The first-order chi connectivity index (χ1) is 15.8. The Kier molecular flexibility index (Phi) is 7.75. The van der Waals surface area contributed by atoms with E-state index >= 15 is 0 Å². The first-order valence-electron chi connectivity index (χ1n) is 9.88. The quantitative estimate of drug-likeness (QED) is 0.158. The van der Waals surface area contributed by atoms with E-state index < -0.39 is 5.97 Å². The van der Waals surface area contributed by atoms with Crippen molar-refractivity contribution in [3.63, 3.8) is 0 Å². The van der Waals surface area contributed by atoms with Crippen molar-refractivity contribution in [3.8, 4) is 11.5 Å². The minimum absolute atomic E-state index is 0.228. The molecule has 4 rings (SSSR count). The Hall–Kier alpha value is -1.92. The van der Waals surface area contributed by atoms with E-state index in [1.807, 2.05) is 42.5 Å². The number of cyclic esters (lactones) is 1. The lowest BCUT2D eigenvalue weighted by Gasteiger charge is -2.14. The van der Waals surface area contributed by atoms with E-state index in [2.05, 4.69) is 85.2 Å². The van der Waals surface area contributed by atoms with Crippen molar-refractivity contribution in [3.05, 3.63) is 94.2 Å². The Balaban J connectivity index is 1.59. The van der Waals surface area contributed by atoms with Gasteiger partial charge in [-0.2, -0.15) is 0 Å². The third-order valence-electron chi connectivity index (χ3n) is 4.85. The molecule has 0 saturated heterocycles. The maximum absolute atomic E-state index is 12.4. The highest BCUT2D eigenvalue weighted by Gasteiger charge is 2.25. The second kappa shape index (κ2) is 10.6. The SMILES string of the molecule is COc1cc(/C=C2\N=C(c3ccc(I)c(Br)c3)OC2=O)cc(I)c1OCc1ccc(C)cc1. The van der Waals surface area contributed by atoms with Gasteiger partial charge in [0.15, 0.2) is 17.2 Å². The predicted octanol–water partition coefficient (Wildman–Crippen LogP) is 6.90. The second-order valence-electron chi connectivity index (χ2n) is 7.27. The number of aryl methyl sites for hydroxylation is 1. The van der Waals surface area contributed by atoms with Gasteiger partial charge in [0.1, 0.15) is 6.61 Å². The van der Waals surface area contributed by atoms with Crippen LogP contribution in [-0.2, 0) is 16.1 Å². The van der Waals surface area contributed by atoms with Crippen molar-refractivity contribution >= 4 is 79.1 Å². The second-order valence-corrected chi connectivity index (χ2v) is 10.5. The normalized spacial score (nSPS) is 14.3. The van der Waals surface area contributed by atoms with E-state index in [1.165, 1.54) is 5.56 Å². The van der Waals surface area contributed by atoms with Crippen LogP contribution in [0.25, 0.3) is 6.08 Å². The number of methoxy groups -OCH3 is 1. The van der Waals surface area contributed by atoms with Gasteiger partial charge < -0.3 is 14.2 Å². The molecule has 5 nitrogen and oxygen atoms in total. The van der Waals surface area contributed by atoms with Gasteiger partial charge in [0.25, 0.3) is 0 Å². The van der Waals surface area contributed by atoms with Crippen LogP contribution in [0.1, 0.15) is 22.3 Å². The summed E-state index contributed by atoms with van der Waals surface area (Å²) in [6.45, 7) is 2.48. The van der Waals surface area contributed by atoms with Crippen LogP contribution in [-0.4, -0.2) is 19.0 Å². The molecule has 33 heavy (non-hydrogen) atoms. The van der Waals surface area contributed by atoms with E-state index in [0.29, 0.717) is 18.1 Å². The number of rotatable bonds is 6. The fourth-order valence-electron chi connectivity index (χ4n) is 3.12. The van der Waals surface area contributed by atoms with Crippen LogP contribution in [0.3, 0.4) is 0 Å². The molecule has 0 aliphatic carbocycles. The zero-order valence-corrected chi connectivity index (χ0v) is 23.6. The van der Waals surface area contributed by atoms with Gasteiger partial charge in [-0.05, 0) is 116 Å². The molecule has 0 bridgehead atoms. The molecule has 3 aromatic rings. The molecule has 0 spiro atoms. The lowest BCUT2D eigenvalue weighted by atomic mass is 10.1. The van der Waals surface area contributed by atoms with Gasteiger partial charge in [0.05, 0.1) is 10.7 Å². The van der Waals surface area contributed by atoms with E-state index in [0.717, 1.165) is 28.3 Å². The summed E-state index contributed by atoms with van der Waals surface area (Å²) in [7, 11) is 1.59. The molecule has 0 aromatic heterocycles. The Morgan fingerprint density at radius 3 is 2.52 bits per heavy atom. The molecule has 0 fully saturated rings. The summed E-state index contributed by atoms with van der Waals surface area (Å²) in [5, 5.41) is 0.